The molecule has 11 nitrogen and oxygen atoms in total. The van der Waals surface area contributed by atoms with E-state index in [-0.39, 0.29) is 21.9 Å². The van der Waals surface area contributed by atoms with Crippen LogP contribution in [-0.2, 0) is 19.0 Å². The number of nitrogen functional groups attached to an aromatic ring is 1. The third kappa shape index (κ3) is 3.45. The average Bonchev–Trinajstić information content (AvgIpc) is 3.24. The Morgan fingerprint density at radius 2 is 1.97 bits per heavy atom. The van der Waals surface area contributed by atoms with Crippen molar-refractivity contribution < 1.29 is 27.6 Å². The molecule has 4 atom stereocenters. The van der Waals surface area contributed by atoms with E-state index in [1.54, 1.807) is 12.1 Å². The van der Waals surface area contributed by atoms with Gasteiger partial charge in [0.1, 0.15) is 24.1 Å². The van der Waals surface area contributed by atoms with Crippen molar-refractivity contribution in [3.05, 3.63) is 42.5 Å². The molecule has 1 saturated heterocycles. The third-order valence-electron chi connectivity index (χ3n) is 4.70. The van der Waals surface area contributed by atoms with Gasteiger partial charge in [-0.05, 0) is 19.1 Å². The largest absolute Gasteiger partial charge is 0.394 e. The minimum atomic E-state index is -4.22. The zero-order chi connectivity index (χ0) is 20.8. The highest BCUT2D eigenvalue weighted by Crippen LogP contribution is 2.35. The summed E-state index contributed by atoms with van der Waals surface area (Å²) in [6, 6.07) is 6.08. The van der Waals surface area contributed by atoms with Crippen molar-refractivity contribution in [2.75, 3.05) is 12.3 Å². The van der Waals surface area contributed by atoms with E-state index in [2.05, 4.69) is 15.0 Å². The van der Waals surface area contributed by atoms with Gasteiger partial charge in [-0.25, -0.2) is 15.0 Å². The SMILES string of the molecule is Cc1ccc(S(=O)(=O)OC2C(O)[C@@H](CO)O[C@H]2n2cnc3c(N)ncnc32)cc1. The van der Waals surface area contributed by atoms with Gasteiger partial charge in [-0.2, -0.15) is 8.42 Å². The van der Waals surface area contributed by atoms with Crippen LogP contribution in [0.2, 0.25) is 0 Å². The summed E-state index contributed by atoms with van der Waals surface area (Å²) in [6.45, 7) is 1.29. The lowest BCUT2D eigenvalue weighted by Crippen LogP contribution is -2.37. The van der Waals surface area contributed by atoms with E-state index in [1.807, 2.05) is 6.92 Å². The van der Waals surface area contributed by atoms with Gasteiger partial charge in [0, 0.05) is 0 Å². The summed E-state index contributed by atoms with van der Waals surface area (Å²) in [5.41, 5.74) is 7.24. The van der Waals surface area contributed by atoms with Crippen molar-refractivity contribution >= 4 is 27.1 Å². The van der Waals surface area contributed by atoms with Crippen LogP contribution < -0.4 is 5.73 Å². The van der Waals surface area contributed by atoms with Crippen molar-refractivity contribution in [1.29, 1.82) is 0 Å². The number of rotatable bonds is 5. The quantitative estimate of drug-likeness (QED) is 0.468. The molecule has 4 rings (SSSR count). The number of fused-ring (bicyclic) bond motifs is 1. The molecule has 1 aliphatic rings. The number of aliphatic hydroxyl groups excluding tert-OH is 2. The lowest BCUT2D eigenvalue weighted by Gasteiger charge is -2.21. The maximum absolute atomic E-state index is 12.8. The Bertz CT molecular complexity index is 1130. The lowest BCUT2D eigenvalue weighted by molar-refractivity contribution is -0.0483. The number of anilines is 1. The normalized spacial score (nSPS) is 24.9. The monoisotopic (exact) mass is 421 g/mol. The van der Waals surface area contributed by atoms with E-state index in [0.29, 0.717) is 0 Å². The van der Waals surface area contributed by atoms with E-state index in [1.165, 1.54) is 29.4 Å². The van der Waals surface area contributed by atoms with E-state index in [0.717, 1.165) is 5.56 Å². The lowest BCUT2D eigenvalue weighted by atomic mass is 10.1. The van der Waals surface area contributed by atoms with Crippen LogP contribution in [-0.4, -0.2) is 63.1 Å². The average molecular weight is 421 g/mol. The van der Waals surface area contributed by atoms with Gasteiger partial charge in [0.15, 0.2) is 23.8 Å². The molecule has 1 aliphatic heterocycles. The number of aliphatic hydroxyl groups is 2. The standard InChI is InChI=1S/C17H19N5O6S/c1-9-2-4-10(5-3-9)29(25,26)28-14-13(24)11(6-23)27-17(14)22-8-21-12-15(18)19-7-20-16(12)22/h2-5,7-8,11,13-14,17,23-24H,6H2,1H3,(H2,18,19,20)/t11-,13?,14?,17-/m1/s1. The molecule has 0 amide bonds. The molecule has 2 unspecified atom stereocenters. The predicted octanol–water partition coefficient (Wildman–Crippen LogP) is -0.258. The summed E-state index contributed by atoms with van der Waals surface area (Å²) < 4.78 is 37.9. The third-order valence-corrected chi connectivity index (χ3v) is 6.03. The predicted molar refractivity (Wildman–Crippen MR) is 100.0 cm³/mol. The topological polar surface area (TPSA) is 163 Å². The molecule has 154 valence electrons. The van der Waals surface area contributed by atoms with Gasteiger partial charge >= 0.3 is 0 Å². The van der Waals surface area contributed by atoms with Gasteiger partial charge in [0.2, 0.25) is 0 Å². The first-order valence-corrected chi connectivity index (χ1v) is 10.1. The Hall–Kier alpha value is -2.64. The van der Waals surface area contributed by atoms with Crippen LogP contribution in [0.15, 0.2) is 41.8 Å². The Morgan fingerprint density at radius 1 is 1.24 bits per heavy atom. The van der Waals surface area contributed by atoms with E-state index in [9.17, 15) is 18.6 Å². The zero-order valence-electron chi connectivity index (χ0n) is 15.3. The summed E-state index contributed by atoms with van der Waals surface area (Å²) in [4.78, 5) is 12.0. The molecule has 12 heteroatoms. The number of aryl methyl sites for hydroxylation is 1. The molecular weight excluding hydrogens is 402 g/mol. The molecule has 0 radical (unpaired) electrons. The minimum Gasteiger partial charge on any atom is -0.394 e. The molecule has 3 heterocycles. The number of benzene rings is 1. The molecule has 29 heavy (non-hydrogen) atoms. The highest BCUT2D eigenvalue weighted by Gasteiger charge is 2.48. The first-order valence-electron chi connectivity index (χ1n) is 8.69. The summed E-state index contributed by atoms with van der Waals surface area (Å²) >= 11 is 0. The minimum absolute atomic E-state index is 0.0662. The van der Waals surface area contributed by atoms with Crippen molar-refractivity contribution in [1.82, 2.24) is 19.5 Å². The number of hydrogen-bond donors (Lipinski definition) is 3. The van der Waals surface area contributed by atoms with Crippen molar-refractivity contribution in [2.24, 2.45) is 0 Å². The molecular formula is C17H19N5O6S. The summed E-state index contributed by atoms with van der Waals surface area (Å²) in [5, 5.41) is 20.0. The number of nitrogens with two attached hydrogens (primary N) is 1. The van der Waals surface area contributed by atoms with Crippen molar-refractivity contribution in [3.63, 3.8) is 0 Å². The molecule has 4 N–H and O–H groups in total. The van der Waals surface area contributed by atoms with Gasteiger partial charge in [0.05, 0.1) is 17.8 Å². The van der Waals surface area contributed by atoms with Gasteiger partial charge < -0.3 is 20.7 Å². The van der Waals surface area contributed by atoms with Crippen LogP contribution in [0.25, 0.3) is 11.2 Å². The van der Waals surface area contributed by atoms with Gasteiger partial charge in [0.25, 0.3) is 10.1 Å². The Labute approximate surface area is 165 Å². The maximum Gasteiger partial charge on any atom is 0.297 e. The Morgan fingerprint density at radius 3 is 2.66 bits per heavy atom. The second-order valence-electron chi connectivity index (χ2n) is 6.65. The van der Waals surface area contributed by atoms with Crippen molar-refractivity contribution in [3.8, 4) is 0 Å². The summed E-state index contributed by atoms with van der Waals surface area (Å²) in [6.07, 6.45) is -2.39. The molecule has 3 aromatic rings. The summed E-state index contributed by atoms with van der Waals surface area (Å²) in [5.74, 6) is 0.135. The fourth-order valence-electron chi connectivity index (χ4n) is 3.16. The van der Waals surface area contributed by atoms with E-state index in [4.69, 9.17) is 14.7 Å². The molecule has 0 saturated carbocycles. The van der Waals surface area contributed by atoms with Crippen LogP contribution in [0.4, 0.5) is 5.82 Å². The molecule has 2 aromatic heterocycles. The number of ether oxygens (including phenoxy) is 1. The van der Waals surface area contributed by atoms with Crippen LogP contribution >= 0.6 is 0 Å². The first-order chi connectivity index (χ1) is 13.8. The Kier molecular flexibility index (Phi) is 4.96. The van der Waals surface area contributed by atoms with Crippen LogP contribution in [0.3, 0.4) is 0 Å². The van der Waals surface area contributed by atoms with Crippen LogP contribution in [0.1, 0.15) is 11.8 Å². The number of hydrogen-bond acceptors (Lipinski definition) is 10. The fraction of sp³-hybridized carbons (Fsp3) is 0.353. The first kappa shape index (κ1) is 19.7. The number of nitrogens with zero attached hydrogens (tertiary/aromatic N) is 4. The number of aromatic nitrogens is 4. The van der Waals surface area contributed by atoms with Gasteiger partial charge in [-0.15, -0.1) is 0 Å². The second kappa shape index (κ2) is 7.31. The highest BCUT2D eigenvalue weighted by molar-refractivity contribution is 7.86. The highest BCUT2D eigenvalue weighted by atomic mass is 32.2. The fourth-order valence-corrected chi connectivity index (χ4v) is 4.24. The van der Waals surface area contributed by atoms with Crippen molar-refractivity contribution in [2.45, 2.75) is 36.4 Å². The van der Waals surface area contributed by atoms with Crippen LogP contribution in [0, 0.1) is 6.92 Å². The molecule has 1 aromatic carbocycles. The molecule has 0 bridgehead atoms. The van der Waals surface area contributed by atoms with Crippen LogP contribution in [0.5, 0.6) is 0 Å². The van der Waals surface area contributed by atoms with E-state index >= 15 is 0 Å². The smallest absolute Gasteiger partial charge is 0.297 e. The molecule has 0 spiro atoms. The molecule has 0 aliphatic carbocycles. The summed E-state index contributed by atoms with van der Waals surface area (Å²) in [7, 11) is -4.22. The zero-order valence-corrected chi connectivity index (χ0v) is 16.1. The molecule has 1 fully saturated rings. The maximum atomic E-state index is 12.8. The number of imidazole rings is 1. The van der Waals surface area contributed by atoms with Gasteiger partial charge in [-0.1, -0.05) is 17.7 Å². The van der Waals surface area contributed by atoms with Gasteiger partial charge in [-0.3, -0.25) is 8.75 Å². The van der Waals surface area contributed by atoms with E-state index < -0.39 is 41.3 Å². The second-order valence-corrected chi connectivity index (χ2v) is 8.22. The Balaban J connectivity index is 1.72.